The van der Waals surface area contributed by atoms with E-state index in [4.69, 9.17) is 9.66 Å². The smallest absolute Gasteiger partial charge is 0.360 e. The van der Waals surface area contributed by atoms with Gasteiger partial charge in [0.15, 0.2) is 0 Å². The average molecular weight is 237 g/mol. The first-order valence-electron chi connectivity index (χ1n) is 3.37. The highest BCUT2D eigenvalue weighted by Gasteiger charge is 2.17. The molecule has 0 spiro atoms. The van der Waals surface area contributed by atoms with Crippen molar-refractivity contribution in [3.8, 4) is 0 Å². The van der Waals surface area contributed by atoms with Crippen LogP contribution in [-0.2, 0) is 10.3 Å². The summed E-state index contributed by atoms with van der Waals surface area (Å²) in [4.78, 5) is 10.5. The predicted octanol–water partition coefficient (Wildman–Crippen LogP) is 0.685. The van der Waals surface area contributed by atoms with E-state index in [0.29, 0.717) is 4.31 Å². The van der Waals surface area contributed by atoms with Crippen molar-refractivity contribution in [1.29, 1.82) is 0 Å². The first-order chi connectivity index (χ1) is 6.32. The van der Waals surface area contributed by atoms with Crippen molar-refractivity contribution in [2.24, 2.45) is 0 Å². The van der Waals surface area contributed by atoms with Crippen molar-refractivity contribution in [2.75, 3.05) is 11.4 Å². The number of nitrogens with zero attached hydrogens (tertiary/aromatic N) is 1. The summed E-state index contributed by atoms with van der Waals surface area (Å²) < 4.78 is 30.5. The Morgan fingerprint density at radius 1 is 1.50 bits per heavy atom. The van der Waals surface area contributed by atoms with Crippen LogP contribution in [0.25, 0.3) is 0 Å². The molecule has 0 unspecified atom stereocenters. The molecule has 0 aliphatic heterocycles. The number of rotatable bonds is 3. The van der Waals surface area contributed by atoms with Crippen LogP contribution in [0.3, 0.4) is 0 Å². The molecule has 1 heterocycles. The fraction of sp³-hybridized carbons (Fsp3) is 0.167. The van der Waals surface area contributed by atoms with Gasteiger partial charge in [-0.15, -0.1) is 11.3 Å². The van der Waals surface area contributed by atoms with Gasteiger partial charge in [-0.2, -0.15) is 8.42 Å². The molecule has 0 amide bonds. The Kier molecular flexibility index (Phi) is 2.79. The van der Waals surface area contributed by atoms with Crippen molar-refractivity contribution in [1.82, 2.24) is 0 Å². The Morgan fingerprint density at radius 3 is 2.43 bits per heavy atom. The third-order valence-electron chi connectivity index (χ3n) is 1.46. The zero-order valence-electron chi connectivity index (χ0n) is 7.04. The molecule has 2 N–H and O–H groups in total. The highest BCUT2D eigenvalue weighted by molar-refractivity contribution is 7.87. The lowest BCUT2D eigenvalue weighted by Crippen LogP contribution is -2.24. The van der Waals surface area contributed by atoms with Gasteiger partial charge in [0, 0.05) is 7.05 Å². The van der Waals surface area contributed by atoms with Gasteiger partial charge in [-0.25, -0.2) is 9.10 Å². The van der Waals surface area contributed by atoms with E-state index in [1.54, 1.807) is 0 Å². The quantitative estimate of drug-likeness (QED) is 0.754. The largest absolute Gasteiger partial charge is 0.477 e. The van der Waals surface area contributed by atoms with Crippen molar-refractivity contribution < 1.29 is 22.9 Å². The fourth-order valence-electron chi connectivity index (χ4n) is 0.726. The number of aromatic carboxylic acids is 1. The van der Waals surface area contributed by atoms with Gasteiger partial charge in [0.25, 0.3) is 0 Å². The normalized spacial score (nSPS) is 11.3. The molecular formula is C6H7NO5S2. The molecule has 1 rings (SSSR count). The molecule has 0 aliphatic rings. The number of carboxylic acids is 1. The second-order valence-corrected chi connectivity index (χ2v) is 4.89. The van der Waals surface area contributed by atoms with Gasteiger partial charge in [0.2, 0.25) is 0 Å². The van der Waals surface area contributed by atoms with Crippen LogP contribution in [0.2, 0.25) is 0 Å². The number of thiophene rings is 1. The molecule has 0 aromatic carbocycles. The lowest BCUT2D eigenvalue weighted by Gasteiger charge is -2.11. The monoisotopic (exact) mass is 237 g/mol. The number of carbonyl (C=O) groups is 1. The molecule has 14 heavy (non-hydrogen) atoms. The summed E-state index contributed by atoms with van der Waals surface area (Å²) in [7, 11) is -3.19. The van der Waals surface area contributed by atoms with E-state index in [1.807, 2.05) is 0 Å². The van der Waals surface area contributed by atoms with Gasteiger partial charge in [-0.1, -0.05) is 0 Å². The summed E-state index contributed by atoms with van der Waals surface area (Å²) in [5.74, 6) is -1.13. The maximum Gasteiger partial charge on any atom is 0.360 e. The second kappa shape index (κ2) is 3.56. The lowest BCUT2D eigenvalue weighted by atomic mass is 10.5. The minimum Gasteiger partial charge on any atom is -0.477 e. The highest BCUT2D eigenvalue weighted by Crippen LogP contribution is 2.26. The Hall–Kier alpha value is -1.12. The maximum absolute atomic E-state index is 10.7. The number of hydrogen-bond acceptors (Lipinski definition) is 4. The van der Waals surface area contributed by atoms with E-state index in [9.17, 15) is 13.2 Å². The summed E-state index contributed by atoms with van der Waals surface area (Å²) in [5.41, 5.74) is 0. The summed E-state index contributed by atoms with van der Waals surface area (Å²) in [5, 5.41) is 8.71. The van der Waals surface area contributed by atoms with Crippen LogP contribution in [0, 0.1) is 0 Å². The van der Waals surface area contributed by atoms with Crippen LogP contribution in [-0.4, -0.2) is 31.1 Å². The van der Waals surface area contributed by atoms with E-state index in [1.165, 1.54) is 12.1 Å². The third-order valence-corrected chi connectivity index (χ3v) is 3.61. The summed E-state index contributed by atoms with van der Waals surface area (Å²) in [6, 6.07) is 2.58. The summed E-state index contributed by atoms with van der Waals surface area (Å²) in [6.07, 6.45) is 0. The molecule has 0 aliphatic carbocycles. The fourth-order valence-corrected chi connectivity index (χ4v) is 2.12. The standard InChI is InChI=1S/C6H7NO5S2/c1-7(14(10,11)12)5-3-2-4(13-5)6(8)9/h2-3H,1H3,(H,8,9)(H,10,11,12). The van der Waals surface area contributed by atoms with Crippen LogP contribution in [0.5, 0.6) is 0 Å². The second-order valence-electron chi connectivity index (χ2n) is 2.39. The number of hydrogen-bond donors (Lipinski definition) is 2. The predicted molar refractivity (Wildman–Crippen MR) is 51.2 cm³/mol. The molecule has 8 heteroatoms. The van der Waals surface area contributed by atoms with Gasteiger partial charge in [0.05, 0.1) is 0 Å². The van der Waals surface area contributed by atoms with Gasteiger partial charge in [0.1, 0.15) is 9.88 Å². The van der Waals surface area contributed by atoms with Crippen molar-refractivity contribution in [2.45, 2.75) is 0 Å². The van der Waals surface area contributed by atoms with Crippen LogP contribution in [0.4, 0.5) is 5.00 Å². The summed E-state index contributed by atoms with van der Waals surface area (Å²) >= 11 is 0.763. The van der Waals surface area contributed by atoms with Crippen molar-refractivity contribution >= 4 is 32.6 Å². The zero-order valence-corrected chi connectivity index (χ0v) is 8.67. The number of carboxylic acid groups (broad SMARTS) is 1. The number of anilines is 1. The van der Waals surface area contributed by atoms with Crippen molar-refractivity contribution in [3.63, 3.8) is 0 Å². The van der Waals surface area contributed by atoms with E-state index < -0.39 is 16.3 Å². The van der Waals surface area contributed by atoms with Crippen LogP contribution < -0.4 is 4.31 Å². The molecule has 0 radical (unpaired) electrons. The molecule has 0 atom stereocenters. The minimum absolute atomic E-state index is 0.00972. The van der Waals surface area contributed by atoms with E-state index >= 15 is 0 Å². The Balaban J connectivity index is 3.04. The van der Waals surface area contributed by atoms with Gasteiger partial charge < -0.3 is 5.11 Å². The minimum atomic E-state index is -4.32. The third kappa shape index (κ3) is 2.22. The first kappa shape index (κ1) is 11.0. The van der Waals surface area contributed by atoms with Gasteiger partial charge in [-0.3, -0.25) is 4.55 Å². The van der Waals surface area contributed by atoms with Crippen molar-refractivity contribution in [3.05, 3.63) is 17.0 Å². The van der Waals surface area contributed by atoms with E-state index in [2.05, 4.69) is 0 Å². The Labute approximate surface area is 84.3 Å². The first-order valence-corrected chi connectivity index (χ1v) is 5.58. The van der Waals surface area contributed by atoms with Gasteiger partial charge in [-0.05, 0) is 12.1 Å². The SMILES string of the molecule is CN(c1ccc(C(=O)O)s1)S(=O)(=O)O. The van der Waals surface area contributed by atoms with E-state index in [-0.39, 0.29) is 9.88 Å². The molecule has 1 aromatic heterocycles. The lowest BCUT2D eigenvalue weighted by molar-refractivity contribution is 0.0702. The molecule has 0 saturated heterocycles. The van der Waals surface area contributed by atoms with Crippen LogP contribution in [0.1, 0.15) is 9.67 Å². The Morgan fingerprint density at radius 2 is 2.07 bits per heavy atom. The topological polar surface area (TPSA) is 94.9 Å². The molecular weight excluding hydrogens is 230 g/mol. The van der Waals surface area contributed by atoms with Gasteiger partial charge >= 0.3 is 16.3 Å². The van der Waals surface area contributed by atoms with E-state index in [0.717, 1.165) is 18.4 Å². The maximum atomic E-state index is 10.7. The molecule has 0 saturated carbocycles. The zero-order chi connectivity index (χ0) is 10.9. The average Bonchev–Trinajstić information content (AvgIpc) is 2.48. The Bertz CT molecular complexity index is 449. The molecule has 0 fully saturated rings. The molecule has 0 bridgehead atoms. The van der Waals surface area contributed by atoms with Crippen LogP contribution >= 0.6 is 11.3 Å². The highest BCUT2D eigenvalue weighted by atomic mass is 32.2. The molecule has 78 valence electrons. The summed E-state index contributed by atoms with van der Waals surface area (Å²) in [6.45, 7) is 0. The molecule has 1 aromatic rings. The molecule has 6 nitrogen and oxygen atoms in total. The van der Waals surface area contributed by atoms with Crippen LogP contribution in [0.15, 0.2) is 12.1 Å².